The van der Waals surface area contributed by atoms with E-state index in [1.54, 1.807) is 0 Å². The van der Waals surface area contributed by atoms with Gasteiger partial charge in [0.15, 0.2) is 0 Å². The molecule has 0 amide bonds. The van der Waals surface area contributed by atoms with Crippen LogP contribution in [-0.4, -0.2) is 54.3 Å². The van der Waals surface area contributed by atoms with Crippen molar-refractivity contribution in [1.82, 2.24) is 9.88 Å². The van der Waals surface area contributed by atoms with E-state index < -0.39 is 0 Å². The van der Waals surface area contributed by atoms with Gasteiger partial charge in [-0.2, -0.15) is 0 Å². The highest BCUT2D eigenvalue weighted by molar-refractivity contribution is 5.42. The molecule has 1 aliphatic carbocycles. The molecule has 1 saturated heterocycles. The third-order valence-corrected chi connectivity index (χ3v) is 5.40. The molecule has 1 aromatic rings. The topological polar surface area (TPSA) is 39.6 Å². The number of hydrogen-bond acceptors (Lipinski definition) is 4. The molecule has 2 atom stereocenters. The van der Waals surface area contributed by atoms with Crippen LogP contribution in [-0.2, 0) is 0 Å². The van der Waals surface area contributed by atoms with Crippen molar-refractivity contribution in [3.8, 4) is 0 Å². The van der Waals surface area contributed by atoms with Crippen LogP contribution >= 0.6 is 0 Å². The van der Waals surface area contributed by atoms with Gasteiger partial charge in [-0.15, -0.1) is 0 Å². The average molecular weight is 303 g/mol. The van der Waals surface area contributed by atoms with Gasteiger partial charge in [0.1, 0.15) is 0 Å². The molecule has 3 rings (SSSR count). The number of aliphatic hydroxyl groups excluding tert-OH is 1. The van der Waals surface area contributed by atoms with Crippen LogP contribution < -0.4 is 4.90 Å². The van der Waals surface area contributed by atoms with Gasteiger partial charge >= 0.3 is 0 Å². The number of aliphatic hydroxyl groups is 1. The molecule has 22 heavy (non-hydrogen) atoms. The van der Waals surface area contributed by atoms with Gasteiger partial charge in [-0.3, -0.25) is 9.88 Å². The Labute approximate surface area is 134 Å². The second kappa shape index (κ2) is 6.97. The van der Waals surface area contributed by atoms with Crippen LogP contribution in [0.25, 0.3) is 0 Å². The summed E-state index contributed by atoms with van der Waals surface area (Å²) in [6.45, 7) is 2.20. The summed E-state index contributed by atoms with van der Waals surface area (Å²) in [6.07, 6.45) is 8.81. The molecule has 2 aliphatic rings. The Morgan fingerprint density at radius 2 is 1.82 bits per heavy atom. The molecule has 122 valence electrons. The van der Waals surface area contributed by atoms with Crippen LogP contribution in [0.1, 0.15) is 50.1 Å². The Bertz CT molecular complexity index is 466. The van der Waals surface area contributed by atoms with Crippen LogP contribution in [0.4, 0.5) is 5.69 Å². The molecule has 4 heteroatoms. The lowest BCUT2D eigenvalue weighted by molar-refractivity contribution is 0.00853. The minimum atomic E-state index is -0.109. The summed E-state index contributed by atoms with van der Waals surface area (Å²) < 4.78 is 0. The van der Waals surface area contributed by atoms with Gasteiger partial charge in [0.05, 0.1) is 18.0 Å². The van der Waals surface area contributed by atoms with E-state index in [1.165, 1.54) is 25.0 Å². The average Bonchev–Trinajstić information content (AvgIpc) is 2.56. The maximum atomic E-state index is 10.2. The zero-order chi connectivity index (χ0) is 15.5. The Balaban J connectivity index is 1.57. The molecule has 4 nitrogen and oxygen atoms in total. The molecule has 0 spiro atoms. The Morgan fingerprint density at radius 3 is 2.41 bits per heavy atom. The van der Waals surface area contributed by atoms with E-state index in [9.17, 15) is 5.11 Å². The minimum absolute atomic E-state index is 0.109. The van der Waals surface area contributed by atoms with Crippen molar-refractivity contribution in [2.45, 2.75) is 56.6 Å². The number of hydrogen-bond donors (Lipinski definition) is 1. The summed E-state index contributed by atoms with van der Waals surface area (Å²) in [5.41, 5.74) is 2.39. The summed E-state index contributed by atoms with van der Waals surface area (Å²) in [4.78, 5) is 9.28. The minimum Gasteiger partial charge on any atom is -0.391 e. The Hall–Kier alpha value is -1.13. The monoisotopic (exact) mass is 303 g/mol. The fourth-order valence-corrected chi connectivity index (χ4v) is 3.95. The Morgan fingerprint density at radius 1 is 1.09 bits per heavy atom. The molecular formula is C18H29N3O. The second-order valence-corrected chi connectivity index (χ2v) is 7.07. The fourth-order valence-electron chi connectivity index (χ4n) is 3.95. The number of likely N-dealkylation sites (tertiary alicyclic amines) is 1. The number of piperidine rings is 1. The first kappa shape index (κ1) is 15.8. The summed E-state index contributed by atoms with van der Waals surface area (Å²) >= 11 is 0. The normalized spacial score (nSPS) is 27.8. The zero-order valence-corrected chi connectivity index (χ0v) is 13.9. The van der Waals surface area contributed by atoms with E-state index in [0.29, 0.717) is 12.0 Å². The first-order chi connectivity index (χ1) is 10.6. The van der Waals surface area contributed by atoms with Gasteiger partial charge in [-0.1, -0.05) is 12.8 Å². The predicted octanol–water partition coefficient (Wildman–Crippen LogP) is 2.63. The van der Waals surface area contributed by atoms with E-state index in [2.05, 4.69) is 26.9 Å². The zero-order valence-electron chi connectivity index (χ0n) is 13.9. The molecule has 1 aromatic heterocycles. The third kappa shape index (κ3) is 3.44. The first-order valence-corrected chi connectivity index (χ1v) is 8.70. The molecular weight excluding hydrogens is 274 g/mol. The van der Waals surface area contributed by atoms with Crippen LogP contribution in [0.3, 0.4) is 0 Å². The largest absolute Gasteiger partial charge is 0.391 e. The van der Waals surface area contributed by atoms with Gasteiger partial charge in [0, 0.05) is 31.7 Å². The molecule has 2 heterocycles. The van der Waals surface area contributed by atoms with E-state index in [4.69, 9.17) is 0 Å². The van der Waals surface area contributed by atoms with Gasteiger partial charge in [-0.25, -0.2) is 0 Å². The molecule has 2 fully saturated rings. The molecule has 1 saturated carbocycles. The van der Waals surface area contributed by atoms with Crippen molar-refractivity contribution in [2.24, 2.45) is 0 Å². The lowest BCUT2D eigenvalue weighted by atomic mass is 9.87. The van der Waals surface area contributed by atoms with E-state index in [0.717, 1.165) is 38.0 Å². The SMILES string of the molecule is CN(C)c1ccc(C2CCN(C3CCCCC3O)CC2)nc1. The summed E-state index contributed by atoms with van der Waals surface area (Å²) in [7, 11) is 4.09. The highest BCUT2D eigenvalue weighted by Crippen LogP contribution is 2.31. The van der Waals surface area contributed by atoms with Crippen molar-refractivity contribution >= 4 is 5.69 Å². The van der Waals surface area contributed by atoms with Crippen LogP contribution in [0.15, 0.2) is 18.3 Å². The number of pyridine rings is 1. The lowest BCUT2D eigenvalue weighted by Crippen LogP contribution is -2.48. The van der Waals surface area contributed by atoms with Crippen molar-refractivity contribution in [2.75, 3.05) is 32.1 Å². The van der Waals surface area contributed by atoms with Crippen LogP contribution in [0.2, 0.25) is 0 Å². The van der Waals surface area contributed by atoms with E-state index in [-0.39, 0.29) is 6.10 Å². The fraction of sp³-hybridized carbons (Fsp3) is 0.722. The lowest BCUT2D eigenvalue weighted by Gasteiger charge is -2.41. The number of aromatic nitrogens is 1. The van der Waals surface area contributed by atoms with Crippen LogP contribution in [0.5, 0.6) is 0 Å². The standard InChI is InChI=1S/C18H29N3O/c1-20(2)15-7-8-16(19-13-15)14-9-11-21(12-10-14)17-5-3-4-6-18(17)22/h7-8,13-14,17-18,22H,3-6,9-12H2,1-2H3. The van der Waals surface area contributed by atoms with Crippen molar-refractivity contribution in [3.05, 3.63) is 24.0 Å². The van der Waals surface area contributed by atoms with Gasteiger partial charge in [-0.05, 0) is 50.9 Å². The van der Waals surface area contributed by atoms with Crippen molar-refractivity contribution in [1.29, 1.82) is 0 Å². The molecule has 0 radical (unpaired) electrons. The highest BCUT2D eigenvalue weighted by atomic mass is 16.3. The van der Waals surface area contributed by atoms with Crippen molar-refractivity contribution in [3.63, 3.8) is 0 Å². The van der Waals surface area contributed by atoms with Crippen LogP contribution in [0, 0.1) is 0 Å². The molecule has 1 aliphatic heterocycles. The first-order valence-electron chi connectivity index (χ1n) is 8.70. The van der Waals surface area contributed by atoms with E-state index >= 15 is 0 Å². The molecule has 2 unspecified atom stereocenters. The molecule has 1 N–H and O–H groups in total. The Kier molecular flexibility index (Phi) is 4.99. The van der Waals surface area contributed by atoms with Gasteiger partial charge in [0.2, 0.25) is 0 Å². The highest BCUT2D eigenvalue weighted by Gasteiger charge is 2.31. The maximum Gasteiger partial charge on any atom is 0.0695 e. The number of anilines is 1. The summed E-state index contributed by atoms with van der Waals surface area (Å²) in [5, 5.41) is 10.2. The molecule has 0 aromatic carbocycles. The second-order valence-electron chi connectivity index (χ2n) is 7.07. The number of rotatable bonds is 3. The van der Waals surface area contributed by atoms with E-state index in [1.807, 2.05) is 20.3 Å². The van der Waals surface area contributed by atoms with Crippen molar-refractivity contribution < 1.29 is 5.11 Å². The van der Waals surface area contributed by atoms with Gasteiger partial charge in [0.25, 0.3) is 0 Å². The third-order valence-electron chi connectivity index (χ3n) is 5.40. The quantitative estimate of drug-likeness (QED) is 0.932. The summed E-state index contributed by atoms with van der Waals surface area (Å²) in [5.74, 6) is 0.577. The molecule has 0 bridgehead atoms. The smallest absolute Gasteiger partial charge is 0.0695 e. The number of nitrogens with zero attached hydrogens (tertiary/aromatic N) is 3. The maximum absolute atomic E-state index is 10.2. The predicted molar refractivity (Wildman–Crippen MR) is 90.4 cm³/mol. The van der Waals surface area contributed by atoms with Gasteiger partial charge < -0.3 is 10.0 Å². The summed E-state index contributed by atoms with van der Waals surface area (Å²) in [6, 6.07) is 4.75.